The van der Waals surface area contributed by atoms with Crippen molar-refractivity contribution in [1.82, 2.24) is 10.3 Å². The molecule has 2 rings (SSSR count). The van der Waals surface area contributed by atoms with Gasteiger partial charge in [-0.25, -0.2) is 13.4 Å². The molecule has 1 aromatic heterocycles. The van der Waals surface area contributed by atoms with Crippen LogP contribution in [0.15, 0.2) is 52.2 Å². The molecule has 148 valence electrons. The van der Waals surface area contributed by atoms with Crippen LogP contribution in [0.2, 0.25) is 0 Å². The highest BCUT2D eigenvalue weighted by Gasteiger charge is 2.24. The lowest BCUT2D eigenvalue weighted by Gasteiger charge is -2.14. The molecule has 0 aliphatic carbocycles. The van der Waals surface area contributed by atoms with Gasteiger partial charge in [0.25, 0.3) is 5.69 Å². The third-order valence-corrected chi connectivity index (χ3v) is 6.58. The number of amides is 2. The number of hydrogen-bond donors (Lipinski definition) is 2. The molecule has 0 radical (unpaired) electrons. The Morgan fingerprint density at radius 3 is 2.54 bits per heavy atom. The van der Waals surface area contributed by atoms with E-state index in [1.54, 1.807) is 0 Å². The Balaban J connectivity index is 2.20. The summed E-state index contributed by atoms with van der Waals surface area (Å²) in [6.45, 7) is 4.78. The fourth-order valence-electron chi connectivity index (χ4n) is 2.14. The fraction of sp³-hybridized carbons (Fsp3) is 0.188. The summed E-state index contributed by atoms with van der Waals surface area (Å²) in [6, 6.07) is 3.56. The number of non-ortho nitro benzene ring substituents is 1. The Kier molecular flexibility index (Phi) is 6.59. The number of nitro groups is 1. The first kappa shape index (κ1) is 21.2. The largest absolute Gasteiger partial charge is 0.344 e. The second kappa shape index (κ2) is 8.71. The highest BCUT2D eigenvalue weighted by Crippen LogP contribution is 2.29. The average molecular weight is 424 g/mol. The molecule has 2 aromatic rings. The van der Waals surface area contributed by atoms with Gasteiger partial charge in [0, 0.05) is 19.1 Å². The minimum absolute atomic E-state index is 0.0323. The van der Waals surface area contributed by atoms with Crippen LogP contribution < -0.4 is 10.6 Å². The smallest absolute Gasteiger partial charge is 0.269 e. The van der Waals surface area contributed by atoms with E-state index in [0.717, 1.165) is 41.8 Å². The van der Waals surface area contributed by atoms with E-state index in [-0.39, 0.29) is 26.3 Å². The summed E-state index contributed by atoms with van der Waals surface area (Å²) < 4.78 is 25.1. The topological polar surface area (TPSA) is 148 Å². The molecule has 12 heteroatoms. The summed E-state index contributed by atoms with van der Waals surface area (Å²) >= 11 is 0.724. The predicted molar refractivity (Wildman–Crippen MR) is 102 cm³/mol. The van der Waals surface area contributed by atoms with Crippen LogP contribution in [-0.2, 0) is 19.4 Å². The lowest BCUT2D eigenvalue weighted by Crippen LogP contribution is -2.42. The third-order valence-electron chi connectivity index (χ3n) is 3.43. The maximum absolute atomic E-state index is 12.6. The van der Waals surface area contributed by atoms with Crippen LogP contribution in [0.4, 0.5) is 10.8 Å². The van der Waals surface area contributed by atoms with Gasteiger partial charge in [0.2, 0.25) is 21.7 Å². The molecule has 0 saturated carbocycles. The minimum Gasteiger partial charge on any atom is -0.344 e. The maximum Gasteiger partial charge on any atom is 0.269 e. The van der Waals surface area contributed by atoms with Crippen molar-refractivity contribution < 1.29 is 22.9 Å². The van der Waals surface area contributed by atoms with Crippen molar-refractivity contribution in [3.05, 3.63) is 53.2 Å². The van der Waals surface area contributed by atoms with E-state index in [9.17, 15) is 28.1 Å². The number of benzene rings is 1. The monoisotopic (exact) mass is 424 g/mol. The molecule has 0 bridgehead atoms. The van der Waals surface area contributed by atoms with Gasteiger partial charge in [-0.15, -0.1) is 6.58 Å². The Labute approximate surface area is 164 Å². The zero-order chi connectivity index (χ0) is 20.9. The third kappa shape index (κ3) is 4.98. The number of sulfone groups is 1. The van der Waals surface area contributed by atoms with Gasteiger partial charge in [0.05, 0.1) is 16.0 Å². The molecular weight excluding hydrogens is 408 g/mol. The van der Waals surface area contributed by atoms with Crippen LogP contribution in [0.25, 0.3) is 0 Å². The first-order valence-corrected chi connectivity index (χ1v) is 10.1. The van der Waals surface area contributed by atoms with Gasteiger partial charge in [0.1, 0.15) is 10.3 Å². The van der Waals surface area contributed by atoms with Crippen molar-refractivity contribution in [1.29, 1.82) is 0 Å². The Morgan fingerprint density at radius 1 is 1.36 bits per heavy atom. The van der Waals surface area contributed by atoms with E-state index in [1.807, 2.05) is 0 Å². The number of hydrogen-bond acceptors (Lipinski definition) is 8. The van der Waals surface area contributed by atoms with Gasteiger partial charge in [-0.2, -0.15) is 0 Å². The van der Waals surface area contributed by atoms with E-state index in [2.05, 4.69) is 22.2 Å². The van der Waals surface area contributed by atoms with E-state index in [1.165, 1.54) is 13.0 Å². The molecule has 0 aliphatic heterocycles. The Bertz CT molecular complexity index is 1010. The number of nitrogens with one attached hydrogen (secondary N) is 2. The normalized spacial score (nSPS) is 12.0. The van der Waals surface area contributed by atoms with Gasteiger partial charge in [-0.1, -0.05) is 17.4 Å². The van der Waals surface area contributed by atoms with E-state index in [4.69, 9.17) is 0 Å². The quantitative estimate of drug-likeness (QED) is 0.373. The van der Waals surface area contributed by atoms with Gasteiger partial charge in [-0.05, 0) is 18.6 Å². The lowest BCUT2D eigenvalue weighted by atomic mass is 10.2. The zero-order valence-electron chi connectivity index (χ0n) is 14.6. The summed E-state index contributed by atoms with van der Waals surface area (Å²) in [6.07, 6.45) is 2.73. The lowest BCUT2D eigenvalue weighted by molar-refractivity contribution is -0.384. The number of carbonyl (C=O) groups excluding carboxylic acids is 2. The summed E-state index contributed by atoms with van der Waals surface area (Å²) in [5.41, 5.74) is -0.234. The van der Waals surface area contributed by atoms with Gasteiger partial charge >= 0.3 is 0 Å². The molecule has 0 fully saturated rings. The standard InChI is InChI=1S/C16H16N4O6S2/c1-3-4-13(18-10(2)21)15(22)19-16-17-9-14(27-16)28(25,26)12-7-5-11(6-8-12)20(23)24/h3,5-9,13H,1,4H2,2H3,(H,18,21)(H,17,19,22)/t13-/m0/s1. The average Bonchev–Trinajstić information content (AvgIpc) is 3.10. The molecule has 0 saturated heterocycles. The molecule has 1 aromatic carbocycles. The van der Waals surface area contributed by atoms with Crippen LogP contribution in [0.1, 0.15) is 13.3 Å². The molecule has 1 atom stereocenters. The van der Waals surface area contributed by atoms with E-state index in [0.29, 0.717) is 0 Å². The van der Waals surface area contributed by atoms with E-state index >= 15 is 0 Å². The summed E-state index contributed by atoms with van der Waals surface area (Å²) in [5.74, 6) is -0.966. The number of rotatable bonds is 8. The molecule has 28 heavy (non-hydrogen) atoms. The first-order valence-electron chi connectivity index (χ1n) is 7.79. The van der Waals surface area contributed by atoms with Crippen molar-refractivity contribution in [3.8, 4) is 0 Å². The van der Waals surface area contributed by atoms with Crippen molar-refractivity contribution in [3.63, 3.8) is 0 Å². The molecule has 2 amide bonds. The van der Waals surface area contributed by atoms with Gasteiger partial charge in [0.15, 0.2) is 5.13 Å². The minimum atomic E-state index is -3.95. The van der Waals surface area contributed by atoms with Crippen LogP contribution in [0, 0.1) is 10.1 Å². The van der Waals surface area contributed by atoms with E-state index < -0.39 is 32.6 Å². The molecular formula is C16H16N4O6S2. The summed E-state index contributed by atoms with van der Waals surface area (Å²) in [7, 11) is -3.95. The second-order valence-electron chi connectivity index (χ2n) is 5.51. The van der Waals surface area contributed by atoms with Gasteiger partial charge < -0.3 is 10.6 Å². The predicted octanol–water partition coefficient (Wildman–Crippen LogP) is 1.90. The van der Waals surface area contributed by atoms with Crippen LogP contribution in [-0.4, -0.2) is 36.2 Å². The highest BCUT2D eigenvalue weighted by atomic mass is 32.2. The molecule has 10 nitrogen and oxygen atoms in total. The van der Waals surface area contributed by atoms with Gasteiger partial charge in [-0.3, -0.25) is 19.7 Å². The van der Waals surface area contributed by atoms with Crippen LogP contribution in [0.3, 0.4) is 0 Å². The number of nitro benzene ring substituents is 1. The molecule has 0 unspecified atom stereocenters. The molecule has 0 aliphatic rings. The number of nitrogens with zero attached hydrogens (tertiary/aromatic N) is 2. The van der Waals surface area contributed by atoms with Crippen molar-refractivity contribution >= 4 is 43.8 Å². The number of aromatic nitrogens is 1. The number of anilines is 1. The molecule has 0 spiro atoms. The van der Waals surface area contributed by atoms with Crippen molar-refractivity contribution in [2.75, 3.05) is 5.32 Å². The first-order chi connectivity index (χ1) is 13.1. The second-order valence-corrected chi connectivity index (χ2v) is 8.71. The molecule has 2 N–H and O–H groups in total. The molecule has 1 heterocycles. The number of thiazole rings is 1. The zero-order valence-corrected chi connectivity index (χ0v) is 16.2. The van der Waals surface area contributed by atoms with Crippen LogP contribution >= 0.6 is 11.3 Å². The maximum atomic E-state index is 12.6. The SMILES string of the molecule is C=CC[C@H](NC(C)=O)C(=O)Nc1ncc(S(=O)(=O)c2ccc([N+](=O)[O-])cc2)s1. The van der Waals surface area contributed by atoms with Crippen molar-refractivity contribution in [2.45, 2.75) is 28.5 Å². The summed E-state index contributed by atoms with van der Waals surface area (Å²) in [5, 5.41) is 15.6. The van der Waals surface area contributed by atoms with Crippen molar-refractivity contribution in [2.24, 2.45) is 0 Å². The van der Waals surface area contributed by atoms with Crippen LogP contribution in [0.5, 0.6) is 0 Å². The Morgan fingerprint density at radius 2 is 2.00 bits per heavy atom. The summed E-state index contributed by atoms with van der Waals surface area (Å²) in [4.78, 5) is 37.2. The fourth-order valence-corrected chi connectivity index (χ4v) is 4.58. The Hall–Kier alpha value is -3.12. The highest BCUT2D eigenvalue weighted by molar-refractivity contribution is 7.93. The number of carbonyl (C=O) groups is 2.